The zero-order valence-corrected chi connectivity index (χ0v) is 9.07. The van der Waals surface area contributed by atoms with Gasteiger partial charge < -0.3 is 15.8 Å². The third-order valence-corrected chi connectivity index (χ3v) is 1.99. The van der Waals surface area contributed by atoms with Gasteiger partial charge in [-0.3, -0.25) is 0 Å². The standard InChI is InChI=1S/C10H18N4O/c1-15-8-4-2-3-6-12-10-13-7-5-9(11)14-10/h5,7H,2-4,6,8H2,1H3,(H3,11,12,13,14). The van der Waals surface area contributed by atoms with Crippen molar-refractivity contribution in [1.82, 2.24) is 9.97 Å². The first kappa shape index (κ1) is 11.7. The van der Waals surface area contributed by atoms with Crippen molar-refractivity contribution in [1.29, 1.82) is 0 Å². The predicted octanol–water partition coefficient (Wildman–Crippen LogP) is 1.29. The second-order valence-electron chi connectivity index (χ2n) is 3.29. The van der Waals surface area contributed by atoms with Crippen molar-refractivity contribution in [3.63, 3.8) is 0 Å². The maximum atomic E-state index is 5.52. The molecule has 15 heavy (non-hydrogen) atoms. The van der Waals surface area contributed by atoms with E-state index < -0.39 is 0 Å². The van der Waals surface area contributed by atoms with E-state index in [0.29, 0.717) is 11.8 Å². The van der Waals surface area contributed by atoms with Crippen LogP contribution in [-0.2, 0) is 4.74 Å². The summed E-state index contributed by atoms with van der Waals surface area (Å²) in [5.74, 6) is 1.09. The van der Waals surface area contributed by atoms with Gasteiger partial charge >= 0.3 is 0 Å². The number of nitrogens with zero attached hydrogens (tertiary/aromatic N) is 2. The molecule has 1 aromatic rings. The molecule has 0 radical (unpaired) electrons. The number of anilines is 2. The van der Waals surface area contributed by atoms with Gasteiger partial charge in [0.05, 0.1) is 0 Å². The molecule has 5 heteroatoms. The van der Waals surface area contributed by atoms with Gasteiger partial charge in [-0.15, -0.1) is 0 Å². The third-order valence-electron chi connectivity index (χ3n) is 1.99. The van der Waals surface area contributed by atoms with Crippen LogP contribution in [0.5, 0.6) is 0 Å². The summed E-state index contributed by atoms with van der Waals surface area (Å²) in [6, 6.07) is 1.67. The maximum absolute atomic E-state index is 5.52. The number of nitrogens with one attached hydrogen (secondary N) is 1. The van der Waals surface area contributed by atoms with E-state index in [1.165, 1.54) is 0 Å². The largest absolute Gasteiger partial charge is 0.385 e. The van der Waals surface area contributed by atoms with Crippen LogP contribution >= 0.6 is 0 Å². The molecule has 0 aliphatic heterocycles. The average molecular weight is 210 g/mol. The smallest absolute Gasteiger partial charge is 0.224 e. The Bertz CT molecular complexity index is 280. The number of nitrogens with two attached hydrogens (primary N) is 1. The summed E-state index contributed by atoms with van der Waals surface area (Å²) in [7, 11) is 1.72. The Hall–Kier alpha value is -1.36. The monoisotopic (exact) mass is 210 g/mol. The van der Waals surface area contributed by atoms with Crippen LogP contribution in [-0.4, -0.2) is 30.2 Å². The van der Waals surface area contributed by atoms with Crippen molar-refractivity contribution in [2.75, 3.05) is 31.3 Å². The van der Waals surface area contributed by atoms with Gasteiger partial charge in [0.25, 0.3) is 0 Å². The number of rotatable bonds is 7. The van der Waals surface area contributed by atoms with Gasteiger partial charge in [-0.25, -0.2) is 4.98 Å². The number of unbranched alkanes of at least 4 members (excludes halogenated alkanes) is 2. The lowest BCUT2D eigenvalue weighted by atomic mass is 10.2. The van der Waals surface area contributed by atoms with E-state index in [2.05, 4.69) is 15.3 Å². The lowest BCUT2D eigenvalue weighted by Crippen LogP contribution is -2.06. The molecule has 0 aliphatic rings. The summed E-state index contributed by atoms with van der Waals surface area (Å²) in [5, 5.41) is 3.12. The van der Waals surface area contributed by atoms with Crippen LogP contribution in [0.25, 0.3) is 0 Å². The van der Waals surface area contributed by atoms with Crippen LogP contribution in [0, 0.1) is 0 Å². The highest BCUT2D eigenvalue weighted by Crippen LogP contribution is 2.02. The molecular weight excluding hydrogens is 192 g/mol. The molecule has 1 aromatic heterocycles. The fraction of sp³-hybridized carbons (Fsp3) is 0.600. The number of aromatic nitrogens is 2. The third kappa shape index (κ3) is 5.17. The molecule has 3 N–H and O–H groups in total. The Morgan fingerprint density at radius 2 is 2.27 bits per heavy atom. The summed E-state index contributed by atoms with van der Waals surface area (Å²) in [6.07, 6.45) is 4.97. The normalized spacial score (nSPS) is 10.2. The van der Waals surface area contributed by atoms with Crippen LogP contribution in [0.15, 0.2) is 12.3 Å². The molecule has 0 fully saturated rings. The molecule has 0 bridgehead atoms. The van der Waals surface area contributed by atoms with E-state index >= 15 is 0 Å². The summed E-state index contributed by atoms with van der Waals surface area (Å²) >= 11 is 0. The minimum atomic E-state index is 0.492. The van der Waals surface area contributed by atoms with Gasteiger partial charge in [0, 0.05) is 26.5 Å². The fourth-order valence-corrected chi connectivity index (χ4v) is 1.21. The lowest BCUT2D eigenvalue weighted by Gasteiger charge is -2.04. The van der Waals surface area contributed by atoms with Crippen molar-refractivity contribution in [3.05, 3.63) is 12.3 Å². The van der Waals surface area contributed by atoms with Crippen LogP contribution < -0.4 is 11.1 Å². The molecule has 0 aromatic carbocycles. The minimum absolute atomic E-state index is 0.492. The Morgan fingerprint density at radius 1 is 1.40 bits per heavy atom. The van der Waals surface area contributed by atoms with Gasteiger partial charge in [-0.05, 0) is 25.3 Å². The maximum Gasteiger partial charge on any atom is 0.224 e. The molecule has 0 spiro atoms. The highest BCUT2D eigenvalue weighted by molar-refractivity contribution is 5.34. The van der Waals surface area contributed by atoms with Crippen molar-refractivity contribution in [2.45, 2.75) is 19.3 Å². The van der Waals surface area contributed by atoms with Crippen LogP contribution in [0.3, 0.4) is 0 Å². The fourth-order valence-electron chi connectivity index (χ4n) is 1.21. The Balaban J connectivity index is 2.10. The zero-order valence-electron chi connectivity index (χ0n) is 9.07. The molecule has 1 rings (SSSR count). The van der Waals surface area contributed by atoms with Gasteiger partial charge in [-0.1, -0.05) is 0 Å². The molecule has 1 heterocycles. The van der Waals surface area contributed by atoms with Gasteiger partial charge in [0.15, 0.2) is 0 Å². The number of ether oxygens (including phenoxy) is 1. The lowest BCUT2D eigenvalue weighted by molar-refractivity contribution is 0.192. The molecule has 84 valence electrons. The summed E-state index contributed by atoms with van der Waals surface area (Å²) in [5.41, 5.74) is 5.52. The molecule has 0 saturated heterocycles. The first-order valence-electron chi connectivity index (χ1n) is 5.14. The molecule has 0 atom stereocenters. The quantitative estimate of drug-likeness (QED) is 0.663. The van der Waals surface area contributed by atoms with E-state index in [1.54, 1.807) is 19.4 Å². The zero-order chi connectivity index (χ0) is 10.9. The Labute approximate surface area is 90.1 Å². The second kappa shape index (κ2) is 7.00. The van der Waals surface area contributed by atoms with E-state index in [4.69, 9.17) is 10.5 Å². The highest BCUT2D eigenvalue weighted by Gasteiger charge is 1.95. The molecule has 0 saturated carbocycles. The van der Waals surface area contributed by atoms with Crippen molar-refractivity contribution >= 4 is 11.8 Å². The predicted molar refractivity (Wildman–Crippen MR) is 60.7 cm³/mol. The van der Waals surface area contributed by atoms with Crippen molar-refractivity contribution in [2.24, 2.45) is 0 Å². The van der Waals surface area contributed by atoms with E-state index in [1.807, 2.05) is 0 Å². The van der Waals surface area contributed by atoms with E-state index in [9.17, 15) is 0 Å². The number of methoxy groups -OCH3 is 1. The van der Waals surface area contributed by atoms with Gasteiger partial charge in [0.2, 0.25) is 5.95 Å². The van der Waals surface area contributed by atoms with E-state index in [-0.39, 0.29) is 0 Å². The first-order valence-corrected chi connectivity index (χ1v) is 5.14. The average Bonchev–Trinajstić information content (AvgIpc) is 2.23. The van der Waals surface area contributed by atoms with Gasteiger partial charge in [0.1, 0.15) is 5.82 Å². The summed E-state index contributed by atoms with van der Waals surface area (Å²) < 4.78 is 4.96. The molecule has 0 amide bonds. The van der Waals surface area contributed by atoms with Crippen LogP contribution in [0.1, 0.15) is 19.3 Å². The SMILES string of the molecule is COCCCCCNc1nccc(N)n1. The van der Waals surface area contributed by atoms with Crippen LogP contribution in [0.4, 0.5) is 11.8 Å². The number of nitrogen functional groups attached to an aromatic ring is 1. The molecule has 0 aliphatic carbocycles. The van der Waals surface area contributed by atoms with Crippen molar-refractivity contribution < 1.29 is 4.74 Å². The van der Waals surface area contributed by atoms with Crippen LogP contribution in [0.2, 0.25) is 0 Å². The highest BCUT2D eigenvalue weighted by atomic mass is 16.5. The van der Waals surface area contributed by atoms with Crippen molar-refractivity contribution in [3.8, 4) is 0 Å². The molecule has 0 unspecified atom stereocenters. The number of hydrogen-bond donors (Lipinski definition) is 2. The first-order chi connectivity index (χ1) is 7.33. The van der Waals surface area contributed by atoms with Gasteiger partial charge in [-0.2, -0.15) is 4.98 Å². The Morgan fingerprint density at radius 3 is 3.00 bits per heavy atom. The minimum Gasteiger partial charge on any atom is -0.385 e. The Kier molecular flexibility index (Phi) is 5.47. The topological polar surface area (TPSA) is 73.1 Å². The molecular formula is C10H18N4O. The second-order valence-corrected chi connectivity index (χ2v) is 3.29. The molecule has 5 nitrogen and oxygen atoms in total. The summed E-state index contributed by atoms with van der Waals surface area (Å²) in [6.45, 7) is 1.70. The van der Waals surface area contributed by atoms with E-state index in [0.717, 1.165) is 32.4 Å². The number of hydrogen-bond acceptors (Lipinski definition) is 5. The summed E-state index contributed by atoms with van der Waals surface area (Å²) in [4.78, 5) is 8.08.